The van der Waals surface area contributed by atoms with Gasteiger partial charge in [-0.2, -0.15) is 10.1 Å². The molecule has 0 fully saturated rings. The number of hydrogen-bond donors (Lipinski definition) is 2. The second-order valence-electron chi connectivity index (χ2n) is 8.86. The maximum atomic E-state index is 13.7. The molecule has 1 aliphatic heterocycles. The van der Waals surface area contributed by atoms with E-state index in [4.69, 9.17) is 14.5 Å². The van der Waals surface area contributed by atoms with Crippen LogP contribution < -0.4 is 20.3 Å². The average molecular weight is 504 g/mol. The van der Waals surface area contributed by atoms with Crippen LogP contribution in [0.3, 0.4) is 0 Å². The van der Waals surface area contributed by atoms with Crippen molar-refractivity contribution in [3.8, 4) is 28.4 Å². The van der Waals surface area contributed by atoms with Crippen molar-refractivity contribution in [3.05, 3.63) is 95.7 Å². The molecule has 0 aliphatic carbocycles. The summed E-state index contributed by atoms with van der Waals surface area (Å²) < 4.78 is 13.4. The summed E-state index contributed by atoms with van der Waals surface area (Å²) in [5, 5.41) is 11.4. The summed E-state index contributed by atoms with van der Waals surface area (Å²) in [7, 11) is 0. The molecule has 0 amide bonds. The number of rotatable bonds is 5. The fourth-order valence-electron chi connectivity index (χ4n) is 4.60. The maximum Gasteiger partial charge on any atom is 0.267 e. The van der Waals surface area contributed by atoms with E-state index in [9.17, 15) is 4.79 Å². The minimum atomic E-state index is -0.239. The number of aromatic nitrogens is 6. The largest absolute Gasteiger partial charge is 0.486 e. The number of pyridine rings is 2. The highest BCUT2D eigenvalue weighted by Gasteiger charge is 2.21. The van der Waals surface area contributed by atoms with E-state index in [0.717, 1.165) is 17.0 Å². The van der Waals surface area contributed by atoms with Gasteiger partial charge in [0.1, 0.15) is 18.2 Å². The Bertz CT molecular complexity index is 1850. The molecule has 0 unspecified atom stereocenters. The first-order valence-electron chi connectivity index (χ1n) is 12.1. The van der Waals surface area contributed by atoms with Crippen LogP contribution >= 0.6 is 0 Å². The lowest BCUT2D eigenvalue weighted by Crippen LogP contribution is -2.35. The third-order valence-corrected chi connectivity index (χ3v) is 6.44. The molecule has 2 aromatic carbocycles. The van der Waals surface area contributed by atoms with Gasteiger partial charge in [0, 0.05) is 24.2 Å². The van der Waals surface area contributed by atoms with Crippen molar-refractivity contribution in [1.82, 2.24) is 29.7 Å². The van der Waals surface area contributed by atoms with Crippen LogP contribution in [-0.2, 0) is 0 Å². The van der Waals surface area contributed by atoms with Gasteiger partial charge in [0.05, 0.1) is 28.7 Å². The van der Waals surface area contributed by atoms with Crippen LogP contribution in [0.4, 0.5) is 5.95 Å². The molecular weight excluding hydrogens is 482 g/mol. The summed E-state index contributed by atoms with van der Waals surface area (Å²) in [4.78, 5) is 27.4. The van der Waals surface area contributed by atoms with Gasteiger partial charge in [0.2, 0.25) is 5.95 Å². The molecular formula is C28H21N7O3. The minimum absolute atomic E-state index is 0.228. The first kappa shape index (κ1) is 22.0. The van der Waals surface area contributed by atoms with Crippen molar-refractivity contribution in [2.45, 2.75) is 6.10 Å². The Balaban J connectivity index is 1.28. The molecule has 0 bridgehead atoms. The van der Waals surface area contributed by atoms with E-state index in [-0.39, 0.29) is 11.7 Å². The SMILES string of the molecule is O=c1c2c[nH]nc2c2cnc(NC[C@H]3COc4ccccc4O3)nc2n1-c1ccnc(-c2ccccc2)c1. The van der Waals surface area contributed by atoms with E-state index < -0.39 is 0 Å². The van der Waals surface area contributed by atoms with Gasteiger partial charge < -0.3 is 14.8 Å². The van der Waals surface area contributed by atoms with E-state index in [1.54, 1.807) is 29.2 Å². The van der Waals surface area contributed by atoms with Crippen LogP contribution in [0.15, 0.2) is 90.1 Å². The number of hydrogen-bond acceptors (Lipinski definition) is 8. The molecule has 2 N–H and O–H groups in total. The smallest absolute Gasteiger partial charge is 0.267 e. The highest BCUT2D eigenvalue weighted by atomic mass is 16.6. The Labute approximate surface area is 215 Å². The molecule has 186 valence electrons. The first-order valence-corrected chi connectivity index (χ1v) is 12.1. The highest BCUT2D eigenvalue weighted by molar-refractivity contribution is 6.02. The Hall–Kier alpha value is -5.25. The highest BCUT2D eigenvalue weighted by Crippen LogP contribution is 2.31. The van der Waals surface area contributed by atoms with Crippen LogP contribution in [0.25, 0.3) is 38.9 Å². The third-order valence-electron chi connectivity index (χ3n) is 6.44. The second-order valence-corrected chi connectivity index (χ2v) is 8.86. The average Bonchev–Trinajstić information content (AvgIpc) is 3.47. The number of fused-ring (bicyclic) bond motifs is 4. The van der Waals surface area contributed by atoms with Crippen molar-refractivity contribution >= 4 is 27.9 Å². The number of aromatic amines is 1. The minimum Gasteiger partial charge on any atom is -0.486 e. The number of benzene rings is 2. The van der Waals surface area contributed by atoms with Crippen molar-refractivity contribution < 1.29 is 9.47 Å². The molecule has 6 aromatic rings. The van der Waals surface area contributed by atoms with E-state index in [1.165, 1.54) is 0 Å². The fraction of sp³-hybridized carbons (Fsp3) is 0.107. The predicted molar refractivity (Wildman–Crippen MR) is 143 cm³/mol. The summed E-state index contributed by atoms with van der Waals surface area (Å²) >= 11 is 0. The summed E-state index contributed by atoms with van der Waals surface area (Å²) in [6.45, 7) is 0.817. The second kappa shape index (κ2) is 9.00. The van der Waals surface area contributed by atoms with E-state index in [0.29, 0.717) is 52.5 Å². The molecule has 0 radical (unpaired) electrons. The number of nitrogens with zero attached hydrogens (tertiary/aromatic N) is 5. The van der Waals surface area contributed by atoms with Gasteiger partial charge in [-0.1, -0.05) is 42.5 Å². The summed E-state index contributed by atoms with van der Waals surface area (Å²) in [6, 6.07) is 21.0. The molecule has 10 heteroatoms. The Morgan fingerprint density at radius 2 is 1.84 bits per heavy atom. The lowest BCUT2D eigenvalue weighted by atomic mass is 10.1. The van der Waals surface area contributed by atoms with Crippen molar-refractivity contribution in [3.63, 3.8) is 0 Å². The first-order chi connectivity index (χ1) is 18.7. The Kier molecular flexibility index (Phi) is 5.21. The van der Waals surface area contributed by atoms with Crippen LogP contribution in [-0.4, -0.2) is 49.0 Å². The van der Waals surface area contributed by atoms with Gasteiger partial charge in [0.25, 0.3) is 5.56 Å². The Morgan fingerprint density at radius 1 is 1.00 bits per heavy atom. The number of para-hydroxylation sites is 2. The van der Waals surface area contributed by atoms with Gasteiger partial charge in [0.15, 0.2) is 17.1 Å². The standard InChI is InChI=1S/C28H21N7O3/c36-27-21-15-32-34-25(21)20-14-31-28(30-13-19-16-37-23-8-4-5-9-24(23)38-19)33-26(20)35(27)18-10-11-29-22(12-18)17-6-2-1-3-7-17/h1-12,14-15,19H,13,16H2,(H,32,34)(H,30,31,33)/t19-/m0/s1. The molecule has 4 aromatic heterocycles. The molecule has 10 nitrogen and oxygen atoms in total. The molecule has 0 spiro atoms. The summed E-state index contributed by atoms with van der Waals surface area (Å²) in [5.74, 6) is 1.79. The zero-order valence-corrected chi connectivity index (χ0v) is 20.0. The molecule has 0 saturated heterocycles. The number of ether oxygens (including phenoxy) is 2. The molecule has 38 heavy (non-hydrogen) atoms. The number of nitrogens with one attached hydrogen (secondary N) is 2. The van der Waals surface area contributed by atoms with Gasteiger partial charge in [-0.3, -0.25) is 19.4 Å². The summed E-state index contributed by atoms with van der Waals surface area (Å²) in [5.41, 5.74) is 3.05. The molecule has 1 atom stereocenters. The normalized spacial score (nSPS) is 14.6. The predicted octanol–water partition coefficient (Wildman–Crippen LogP) is 3.97. The molecule has 1 aliphatic rings. The van der Waals surface area contributed by atoms with Gasteiger partial charge in [-0.05, 0) is 24.3 Å². The quantitative estimate of drug-likeness (QED) is 0.363. The van der Waals surface area contributed by atoms with Gasteiger partial charge in [-0.15, -0.1) is 0 Å². The molecule has 0 saturated carbocycles. The van der Waals surface area contributed by atoms with Gasteiger partial charge >= 0.3 is 0 Å². The van der Waals surface area contributed by atoms with E-state index >= 15 is 0 Å². The molecule has 5 heterocycles. The van der Waals surface area contributed by atoms with Crippen LogP contribution in [0, 0.1) is 0 Å². The van der Waals surface area contributed by atoms with Crippen molar-refractivity contribution in [1.29, 1.82) is 0 Å². The van der Waals surface area contributed by atoms with Crippen LogP contribution in [0.5, 0.6) is 11.5 Å². The molecule has 7 rings (SSSR count). The van der Waals surface area contributed by atoms with Crippen LogP contribution in [0.2, 0.25) is 0 Å². The summed E-state index contributed by atoms with van der Waals surface area (Å²) in [6.07, 6.45) is 4.73. The number of anilines is 1. The van der Waals surface area contributed by atoms with E-state index in [2.05, 4.69) is 25.5 Å². The zero-order chi connectivity index (χ0) is 25.5. The van der Waals surface area contributed by atoms with E-state index in [1.807, 2.05) is 60.7 Å². The maximum absolute atomic E-state index is 13.7. The Morgan fingerprint density at radius 3 is 2.74 bits per heavy atom. The zero-order valence-electron chi connectivity index (χ0n) is 20.0. The monoisotopic (exact) mass is 503 g/mol. The van der Waals surface area contributed by atoms with Gasteiger partial charge in [-0.25, -0.2) is 4.98 Å². The fourth-order valence-corrected chi connectivity index (χ4v) is 4.60. The van der Waals surface area contributed by atoms with Crippen LogP contribution in [0.1, 0.15) is 0 Å². The topological polar surface area (TPSA) is 120 Å². The lowest BCUT2D eigenvalue weighted by molar-refractivity contribution is 0.0996. The van der Waals surface area contributed by atoms with Crippen molar-refractivity contribution in [2.75, 3.05) is 18.5 Å². The number of H-pyrrole nitrogens is 1. The lowest BCUT2D eigenvalue weighted by Gasteiger charge is -2.26. The third kappa shape index (κ3) is 3.79. The van der Waals surface area contributed by atoms with Crippen molar-refractivity contribution in [2.24, 2.45) is 0 Å².